The van der Waals surface area contributed by atoms with Crippen LogP contribution in [0.5, 0.6) is 0 Å². The lowest BCUT2D eigenvalue weighted by Gasteiger charge is -2.09. The van der Waals surface area contributed by atoms with E-state index < -0.39 is 11.8 Å². The number of nitrogens with one attached hydrogen (secondary N) is 2. The van der Waals surface area contributed by atoms with E-state index in [0.29, 0.717) is 17.1 Å². The van der Waals surface area contributed by atoms with Gasteiger partial charge in [-0.15, -0.1) is 0 Å². The number of rotatable bonds is 5. The molecule has 0 saturated carbocycles. The predicted molar refractivity (Wildman–Crippen MR) is 103 cm³/mol. The lowest BCUT2D eigenvalue weighted by atomic mass is 10.2. The van der Waals surface area contributed by atoms with Gasteiger partial charge in [0, 0.05) is 24.6 Å². The van der Waals surface area contributed by atoms with E-state index in [2.05, 4.69) is 20.6 Å². The van der Waals surface area contributed by atoms with Gasteiger partial charge < -0.3 is 20.9 Å². The van der Waals surface area contributed by atoms with Crippen LogP contribution < -0.4 is 16.4 Å². The summed E-state index contributed by atoms with van der Waals surface area (Å²) in [6, 6.07) is 10.1. The number of hydrogen-bond donors (Lipinski definition) is 3. The molecule has 3 amide bonds. The molecule has 3 rings (SSSR count). The van der Waals surface area contributed by atoms with Crippen molar-refractivity contribution < 1.29 is 14.4 Å². The van der Waals surface area contributed by atoms with Crippen LogP contribution in [0.15, 0.2) is 48.9 Å². The Kier molecular flexibility index (Phi) is 5.16. The fourth-order valence-electron chi connectivity index (χ4n) is 2.62. The number of carbonyl (C=O) groups excluding carboxylic acids is 3. The molecule has 28 heavy (non-hydrogen) atoms. The van der Waals surface area contributed by atoms with Gasteiger partial charge in [0.15, 0.2) is 5.69 Å². The molecule has 0 spiro atoms. The zero-order valence-electron chi connectivity index (χ0n) is 15.3. The Hall–Kier alpha value is -4.01. The fourth-order valence-corrected chi connectivity index (χ4v) is 2.62. The predicted octanol–water partition coefficient (Wildman–Crippen LogP) is 1.73. The maximum atomic E-state index is 12.4. The summed E-state index contributed by atoms with van der Waals surface area (Å²) in [4.78, 5) is 44.1. The minimum atomic E-state index is -0.784. The zero-order chi connectivity index (χ0) is 20.3. The summed E-state index contributed by atoms with van der Waals surface area (Å²) in [5.74, 6) is -1.63. The summed E-state index contributed by atoms with van der Waals surface area (Å²) >= 11 is 0. The zero-order valence-corrected chi connectivity index (χ0v) is 15.3. The number of carbonyl (C=O) groups is 3. The summed E-state index contributed by atoms with van der Waals surface area (Å²) in [5, 5.41) is 5.42. The molecule has 1 aromatic carbocycles. The number of anilines is 2. The van der Waals surface area contributed by atoms with Crippen molar-refractivity contribution in [2.75, 3.05) is 10.6 Å². The Balaban J connectivity index is 1.71. The standard InChI is InChI=1S/C19H18N6O3/c1-11-4-3-9-21-14(11)18(27)23-12-5-7-13(8-6-12)24-19(28)16-15(17(20)26)22-10-25(16)2/h3-10H,1-2H3,(H2,20,26)(H,23,27)(H,24,28). The van der Waals surface area contributed by atoms with Crippen LogP contribution in [0.4, 0.5) is 11.4 Å². The SMILES string of the molecule is Cc1cccnc1C(=O)Nc1ccc(NC(=O)c2c(C(N)=O)ncn2C)cc1. The quantitative estimate of drug-likeness (QED) is 0.622. The molecule has 0 unspecified atom stereocenters. The smallest absolute Gasteiger partial charge is 0.274 e. The Labute approximate surface area is 160 Å². The molecule has 4 N–H and O–H groups in total. The normalized spacial score (nSPS) is 10.4. The van der Waals surface area contributed by atoms with Gasteiger partial charge in [0.25, 0.3) is 17.7 Å². The van der Waals surface area contributed by atoms with Gasteiger partial charge in [0.2, 0.25) is 0 Å². The van der Waals surface area contributed by atoms with Crippen LogP contribution in [0.25, 0.3) is 0 Å². The number of primary amides is 1. The summed E-state index contributed by atoms with van der Waals surface area (Å²) in [7, 11) is 1.59. The van der Waals surface area contributed by atoms with E-state index in [1.54, 1.807) is 56.6 Å². The average molecular weight is 378 g/mol. The van der Waals surface area contributed by atoms with E-state index in [1.807, 2.05) is 0 Å². The van der Waals surface area contributed by atoms with Crippen LogP contribution in [0, 0.1) is 6.92 Å². The van der Waals surface area contributed by atoms with Gasteiger partial charge in [-0.25, -0.2) is 4.98 Å². The number of aromatic nitrogens is 3. The molecule has 0 saturated heterocycles. The van der Waals surface area contributed by atoms with Crippen molar-refractivity contribution in [2.45, 2.75) is 6.92 Å². The average Bonchev–Trinajstić information content (AvgIpc) is 3.05. The second-order valence-electron chi connectivity index (χ2n) is 6.07. The minimum Gasteiger partial charge on any atom is -0.364 e. The van der Waals surface area contributed by atoms with E-state index >= 15 is 0 Å². The highest BCUT2D eigenvalue weighted by Gasteiger charge is 2.21. The summed E-state index contributed by atoms with van der Waals surface area (Å²) in [6.45, 7) is 1.80. The molecule has 2 aromatic heterocycles. The molecule has 3 aromatic rings. The number of benzene rings is 1. The van der Waals surface area contributed by atoms with Crippen molar-refractivity contribution in [1.29, 1.82) is 0 Å². The summed E-state index contributed by atoms with van der Waals surface area (Å²) in [5.41, 5.74) is 7.35. The molecule has 0 aliphatic heterocycles. The van der Waals surface area contributed by atoms with Gasteiger partial charge in [-0.2, -0.15) is 0 Å². The number of nitrogens with two attached hydrogens (primary N) is 1. The third-order valence-corrected chi connectivity index (χ3v) is 4.01. The van der Waals surface area contributed by atoms with Crippen molar-refractivity contribution in [2.24, 2.45) is 12.8 Å². The maximum Gasteiger partial charge on any atom is 0.274 e. The van der Waals surface area contributed by atoms with Crippen LogP contribution >= 0.6 is 0 Å². The molecule has 0 radical (unpaired) electrons. The van der Waals surface area contributed by atoms with Gasteiger partial charge in [-0.3, -0.25) is 19.4 Å². The molecular weight excluding hydrogens is 360 g/mol. The van der Waals surface area contributed by atoms with Crippen LogP contribution in [0.1, 0.15) is 37.0 Å². The number of amides is 3. The molecule has 9 nitrogen and oxygen atoms in total. The summed E-state index contributed by atoms with van der Waals surface area (Å²) in [6.07, 6.45) is 2.90. The van der Waals surface area contributed by atoms with Crippen LogP contribution in [-0.2, 0) is 7.05 Å². The highest BCUT2D eigenvalue weighted by molar-refractivity contribution is 6.10. The number of aryl methyl sites for hydroxylation is 2. The van der Waals surface area contributed by atoms with Crippen LogP contribution in [-0.4, -0.2) is 32.3 Å². The third-order valence-electron chi connectivity index (χ3n) is 4.01. The van der Waals surface area contributed by atoms with Crippen LogP contribution in [0.3, 0.4) is 0 Å². The van der Waals surface area contributed by atoms with E-state index in [-0.39, 0.29) is 17.3 Å². The molecule has 0 atom stereocenters. The molecule has 142 valence electrons. The lowest BCUT2D eigenvalue weighted by Crippen LogP contribution is -2.22. The number of nitrogens with zero attached hydrogens (tertiary/aromatic N) is 3. The molecule has 0 fully saturated rings. The Bertz CT molecular complexity index is 1060. The number of pyridine rings is 1. The highest BCUT2D eigenvalue weighted by atomic mass is 16.2. The van der Waals surface area contributed by atoms with Crippen molar-refractivity contribution >= 4 is 29.1 Å². The first-order chi connectivity index (χ1) is 13.4. The van der Waals surface area contributed by atoms with Crippen molar-refractivity contribution in [3.63, 3.8) is 0 Å². The largest absolute Gasteiger partial charge is 0.364 e. The van der Waals surface area contributed by atoms with Crippen molar-refractivity contribution in [3.8, 4) is 0 Å². The van der Waals surface area contributed by atoms with Crippen LogP contribution in [0.2, 0.25) is 0 Å². The summed E-state index contributed by atoms with van der Waals surface area (Å²) < 4.78 is 1.42. The van der Waals surface area contributed by atoms with Gasteiger partial charge >= 0.3 is 0 Å². The van der Waals surface area contributed by atoms with E-state index in [0.717, 1.165) is 5.56 Å². The van der Waals surface area contributed by atoms with Gasteiger partial charge in [-0.05, 0) is 42.8 Å². The van der Waals surface area contributed by atoms with Crippen molar-refractivity contribution in [3.05, 3.63) is 71.6 Å². The monoisotopic (exact) mass is 378 g/mol. The van der Waals surface area contributed by atoms with Gasteiger partial charge in [0.05, 0.1) is 6.33 Å². The Morgan fingerprint density at radius 3 is 2.11 bits per heavy atom. The molecular formula is C19H18N6O3. The number of imidazole rings is 1. The molecule has 9 heteroatoms. The first-order valence-electron chi connectivity index (χ1n) is 8.32. The molecule has 0 bridgehead atoms. The van der Waals surface area contributed by atoms with E-state index in [1.165, 1.54) is 10.9 Å². The van der Waals surface area contributed by atoms with Gasteiger partial charge in [0.1, 0.15) is 11.4 Å². The Morgan fingerprint density at radius 1 is 0.929 bits per heavy atom. The number of hydrogen-bond acceptors (Lipinski definition) is 5. The molecule has 0 aliphatic rings. The first-order valence-corrected chi connectivity index (χ1v) is 8.32. The first kappa shape index (κ1) is 18.8. The topological polar surface area (TPSA) is 132 Å². The fraction of sp³-hybridized carbons (Fsp3) is 0.105. The second kappa shape index (κ2) is 7.70. The third kappa shape index (κ3) is 3.88. The van der Waals surface area contributed by atoms with E-state index in [9.17, 15) is 14.4 Å². The lowest BCUT2D eigenvalue weighted by molar-refractivity contribution is 0.0970. The maximum absolute atomic E-state index is 12.4. The van der Waals surface area contributed by atoms with Gasteiger partial charge in [-0.1, -0.05) is 6.07 Å². The minimum absolute atomic E-state index is 0.0653. The molecule has 0 aliphatic carbocycles. The van der Waals surface area contributed by atoms with Crippen molar-refractivity contribution in [1.82, 2.24) is 14.5 Å². The highest BCUT2D eigenvalue weighted by Crippen LogP contribution is 2.17. The molecule has 2 heterocycles. The Morgan fingerprint density at radius 2 is 1.54 bits per heavy atom. The second-order valence-corrected chi connectivity index (χ2v) is 6.07. The van der Waals surface area contributed by atoms with E-state index in [4.69, 9.17) is 5.73 Å².